The summed E-state index contributed by atoms with van der Waals surface area (Å²) in [6.45, 7) is 5.03. The summed E-state index contributed by atoms with van der Waals surface area (Å²) in [6, 6.07) is 13.1. The quantitative estimate of drug-likeness (QED) is 0.563. The smallest absolute Gasteiger partial charge is 0.314 e. The van der Waals surface area contributed by atoms with Gasteiger partial charge in [0.1, 0.15) is 0 Å². The Balaban J connectivity index is 0.00000124. The van der Waals surface area contributed by atoms with Crippen LogP contribution < -0.4 is 11.5 Å². The van der Waals surface area contributed by atoms with Gasteiger partial charge in [-0.2, -0.15) is 0 Å². The van der Waals surface area contributed by atoms with Gasteiger partial charge in [-0.15, -0.1) is 0 Å². The molecule has 0 spiro atoms. The van der Waals surface area contributed by atoms with Gasteiger partial charge in [-0.3, -0.25) is 0 Å². The Kier molecular flexibility index (Phi) is 7.24. The maximum atomic E-state index is 11.9. The van der Waals surface area contributed by atoms with Gasteiger partial charge < -0.3 is 16.4 Å². The molecule has 2 aromatic carbocycles. The predicted molar refractivity (Wildman–Crippen MR) is 126 cm³/mol. The Morgan fingerprint density at radius 2 is 1.70 bits per heavy atom. The maximum Gasteiger partial charge on any atom is 0.314 e. The molecule has 4 unspecified atom stereocenters. The number of rotatable bonds is 2. The third-order valence-electron chi connectivity index (χ3n) is 6.36. The first-order chi connectivity index (χ1) is 14.3. The molecule has 1 aliphatic carbocycles. The van der Waals surface area contributed by atoms with Crippen LogP contribution >= 0.6 is 34.8 Å². The number of primary amides is 1. The van der Waals surface area contributed by atoms with E-state index in [0.717, 1.165) is 24.0 Å². The first-order valence-electron chi connectivity index (χ1n) is 10.3. The molecule has 0 radical (unpaired) electrons. The van der Waals surface area contributed by atoms with Gasteiger partial charge in [0.25, 0.3) is 0 Å². The summed E-state index contributed by atoms with van der Waals surface area (Å²) in [5.74, 6) is 0.339. The fourth-order valence-corrected chi connectivity index (χ4v) is 5.72. The highest BCUT2D eigenvalue weighted by Gasteiger charge is 2.53. The van der Waals surface area contributed by atoms with E-state index in [2.05, 4.69) is 0 Å². The SMILES string of the molecule is CC.NC(=O)N1CC2C(c3ccc(Cl)cc3)C(c3ccc(Cl)cc3Cl)CCC2(N)C1. The summed E-state index contributed by atoms with van der Waals surface area (Å²) < 4.78 is 0. The van der Waals surface area contributed by atoms with Crippen LogP contribution in [0.5, 0.6) is 0 Å². The molecule has 1 heterocycles. The summed E-state index contributed by atoms with van der Waals surface area (Å²) in [5, 5.41) is 1.96. The Hall–Kier alpha value is -1.46. The van der Waals surface area contributed by atoms with E-state index in [9.17, 15) is 4.79 Å². The van der Waals surface area contributed by atoms with E-state index >= 15 is 0 Å². The molecule has 4 atom stereocenters. The lowest BCUT2D eigenvalue weighted by Crippen LogP contribution is -2.53. The van der Waals surface area contributed by atoms with Crippen LogP contribution in [0.25, 0.3) is 0 Å². The fourth-order valence-electron chi connectivity index (χ4n) is 5.04. The number of carbonyl (C=O) groups excluding carboxylic acids is 1. The number of hydrogen-bond acceptors (Lipinski definition) is 2. The Morgan fingerprint density at radius 3 is 2.30 bits per heavy atom. The minimum Gasteiger partial charge on any atom is -0.351 e. The van der Waals surface area contributed by atoms with E-state index in [4.69, 9.17) is 46.3 Å². The molecule has 1 aliphatic heterocycles. The van der Waals surface area contributed by atoms with Gasteiger partial charge in [-0.25, -0.2) is 4.79 Å². The molecule has 1 saturated carbocycles. The van der Waals surface area contributed by atoms with Gasteiger partial charge in [0.15, 0.2) is 0 Å². The molecule has 4 N–H and O–H groups in total. The van der Waals surface area contributed by atoms with Crippen LogP contribution in [0, 0.1) is 5.92 Å². The Morgan fingerprint density at radius 1 is 1.07 bits per heavy atom. The van der Waals surface area contributed by atoms with E-state index in [1.165, 1.54) is 0 Å². The minimum absolute atomic E-state index is 0.0756. The van der Waals surface area contributed by atoms with Gasteiger partial charge in [-0.05, 0) is 60.1 Å². The van der Waals surface area contributed by atoms with Crippen molar-refractivity contribution < 1.29 is 4.79 Å². The molecule has 30 heavy (non-hydrogen) atoms. The van der Waals surface area contributed by atoms with Crippen molar-refractivity contribution in [2.24, 2.45) is 17.4 Å². The summed E-state index contributed by atoms with van der Waals surface area (Å²) in [6.07, 6.45) is 1.67. The van der Waals surface area contributed by atoms with Crippen LogP contribution in [-0.2, 0) is 0 Å². The van der Waals surface area contributed by atoms with E-state index < -0.39 is 11.6 Å². The fraction of sp³-hybridized carbons (Fsp3) is 0.435. The first kappa shape index (κ1) is 23.2. The van der Waals surface area contributed by atoms with Crippen molar-refractivity contribution in [1.82, 2.24) is 4.90 Å². The maximum absolute atomic E-state index is 11.9. The van der Waals surface area contributed by atoms with Crippen molar-refractivity contribution in [3.05, 3.63) is 68.7 Å². The third kappa shape index (κ3) is 4.43. The van der Waals surface area contributed by atoms with Crippen molar-refractivity contribution in [2.75, 3.05) is 13.1 Å². The van der Waals surface area contributed by atoms with Crippen molar-refractivity contribution >= 4 is 40.8 Å². The van der Waals surface area contributed by atoms with E-state index in [0.29, 0.717) is 28.2 Å². The molecule has 4 nitrogen and oxygen atoms in total. The van der Waals surface area contributed by atoms with E-state index in [1.54, 1.807) is 11.0 Å². The van der Waals surface area contributed by atoms with Crippen molar-refractivity contribution in [1.29, 1.82) is 0 Å². The van der Waals surface area contributed by atoms with Gasteiger partial charge in [0.05, 0.1) is 0 Å². The molecule has 1 saturated heterocycles. The Labute approximate surface area is 193 Å². The second-order valence-corrected chi connectivity index (χ2v) is 9.23. The van der Waals surface area contributed by atoms with Crippen molar-refractivity contribution in [2.45, 2.75) is 44.1 Å². The average Bonchev–Trinajstić information content (AvgIpc) is 3.08. The predicted octanol–water partition coefficient (Wildman–Crippen LogP) is 6.04. The van der Waals surface area contributed by atoms with Crippen molar-refractivity contribution in [3.8, 4) is 0 Å². The van der Waals surface area contributed by atoms with Crippen LogP contribution in [0.15, 0.2) is 42.5 Å². The second-order valence-electron chi connectivity index (χ2n) is 7.95. The number of nitrogens with zero attached hydrogens (tertiary/aromatic N) is 1. The number of halogens is 3. The largest absolute Gasteiger partial charge is 0.351 e. The summed E-state index contributed by atoms with van der Waals surface area (Å²) in [7, 11) is 0. The highest BCUT2D eigenvalue weighted by atomic mass is 35.5. The van der Waals surface area contributed by atoms with Gasteiger partial charge in [0.2, 0.25) is 0 Å². The molecule has 0 bridgehead atoms. The first-order valence-corrected chi connectivity index (χ1v) is 11.5. The lowest BCUT2D eigenvalue weighted by atomic mass is 9.60. The van der Waals surface area contributed by atoms with E-state index in [1.807, 2.05) is 50.2 Å². The number of nitrogens with two attached hydrogens (primary N) is 2. The third-order valence-corrected chi connectivity index (χ3v) is 7.17. The summed E-state index contributed by atoms with van der Waals surface area (Å²) in [5.41, 5.74) is 14.1. The monoisotopic (exact) mass is 467 g/mol. The lowest BCUT2D eigenvalue weighted by molar-refractivity contribution is 0.190. The lowest BCUT2D eigenvalue weighted by Gasteiger charge is -2.46. The van der Waals surface area contributed by atoms with Gasteiger partial charge in [-0.1, -0.05) is 66.8 Å². The normalized spacial score (nSPS) is 27.8. The number of likely N-dealkylation sites (tertiary alicyclic amines) is 1. The van der Waals surface area contributed by atoms with Crippen LogP contribution in [0.2, 0.25) is 15.1 Å². The second kappa shape index (κ2) is 9.35. The van der Waals surface area contributed by atoms with Crippen LogP contribution in [-0.4, -0.2) is 29.6 Å². The zero-order valence-corrected chi connectivity index (χ0v) is 19.5. The summed E-state index contributed by atoms with van der Waals surface area (Å²) in [4.78, 5) is 13.5. The molecule has 2 fully saturated rings. The van der Waals surface area contributed by atoms with Crippen LogP contribution in [0.1, 0.15) is 49.7 Å². The Bertz CT molecular complexity index is 905. The zero-order chi connectivity index (χ0) is 22.1. The minimum atomic E-state index is -0.464. The van der Waals surface area contributed by atoms with Crippen molar-refractivity contribution in [3.63, 3.8) is 0 Å². The standard InChI is InChI=1S/C21H22Cl3N3O.C2H6/c22-13-3-1-12(2-4-13)19-16(15-6-5-14(23)9-18(15)24)7-8-21(26)11-27(20(25)28)10-17(19)21;1-2/h1-6,9,16-17,19H,7-8,10-11,26H2,(H2,25,28);1-2H3. The number of urea groups is 1. The molecule has 0 aromatic heterocycles. The number of amides is 2. The molecule has 2 amide bonds. The average molecular weight is 469 g/mol. The number of fused-ring (bicyclic) bond motifs is 1. The molecular weight excluding hydrogens is 441 g/mol. The van der Waals surface area contributed by atoms with E-state index in [-0.39, 0.29) is 17.8 Å². The molecule has 7 heteroatoms. The highest BCUT2D eigenvalue weighted by Crippen LogP contribution is 2.54. The molecular formula is C23H28Cl3N3O. The number of hydrogen-bond donors (Lipinski definition) is 2. The number of benzene rings is 2. The molecule has 162 valence electrons. The highest BCUT2D eigenvalue weighted by molar-refractivity contribution is 6.35. The van der Waals surface area contributed by atoms with Gasteiger partial charge >= 0.3 is 6.03 Å². The summed E-state index contributed by atoms with van der Waals surface area (Å²) >= 11 is 18.8. The number of carbonyl (C=O) groups is 1. The topological polar surface area (TPSA) is 72.4 Å². The van der Waals surface area contributed by atoms with Crippen LogP contribution in [0.3, 0.4) is 0 Å². The molecule has 4 rings (SSSR count). The van der Waals surface area contributed by atoms with Crippen LogP contribution in [0.4, 0.5) is 4.79 Å². The molecule has 2 aliphatic rings. The molecule has 2 aromatic rings. The van der Waals surface area contributed by atoms with Gasteiger partial charge in [0, 0.05) is 39.6 Å². The zero-order valence-electron chi connectivity index (χ0n) is 17.2.